The molecule has 7 heavy (non-hydrogen) atoms. The predicted molar refractivity (Wildman–Crippen MR) is 18.9 cm³/mol. The van der Waals surface area contributed by atoms with Gasteiger partial charge in [-0.2, -0.15) is 13.2 Å². The van der Waals surface area contributed by atoms with Crippen LogP contribution in [0.5, 0.6) is 0 Å². The predicted octanol–water partition coefficient (Wildman–Crippen LogP) is 0.160. The van der Waals surface area contributed by atoms with Gasteiger partial charge in [0, 0.05) is 29.6 Å². The van der Waals surface area contributed by atoms with E-state index in [0.717, 1.165) is 0 Å². The summed E-state index contributed by atoms with van der Waals surface area (Å²) in [5.74, 6) is 0. The quantitative estimate of drug-likeness (QED) is 0.455. The zero-order chi connectivity index (χ0) is 5.21. The Labute approximate surface area is 60.8 Å². The Balaban J connectivity index is 0. The van der Waals surface area contributed by atoms with Crippen molar-refractivity contribution in [3.8, 4) is 0 Å². The first kappa shape index (κ1) is 10.7. The number of rotatable bonds is 0. The van der Waals surface area contributed by atoms with E-state index in [4.69, 9.17) is 5.11 Å². The van der Waals surface area contributed by atoms with Crippen molar-refractivity contribution in [1.29, 1.82) is 0 Å². The van der Waals surface area contributed by atoms with E-state index in [9.17, 15) is 13.2 Å². The summed E-state index contributed by atoms with van der Waals surface area (Å²) in [6.45, 7) is -1.73. The Morgan fingerprint density at radius 1 is 1.29 bits per heavy atom. The molecule has 1 radical (unpaired) electrons. The van der Waals surface area contributed by atoms with Crippen molar-refractivity contribution in [3.63, 3.8) is 0 Å². The SMILES string of the molecule is OCC(F)(F)F.[Na]. The summed E-state index contributed by atoms with van der Waals surface area (Å²) >= 11 is 0. The average Bonchev–Trinajstić information content (AvgIpc) is 1.35. The molecule has 0 fully saturated rings. The Kier molecular flexibility index (Phi) is 5.67. The molecule has 5 heteroatoms. The van der Waals surface area contributed by atoms with Crippen molar-refractivity contribution >= 4 is 29.6 Å². The minimum absolute atomic E-state index is 0. The molecule has 0 saturated carbocycles. The molecular weight excluding hydrogens is 120 g/mol. The maximum atomic E-state index is 10.5. The molecule has 1 nitrogen and oxygen atoms in total. The summed E-state index contributed by atoms with van der Waals surface area (Å²) in [4.78, 5) is 0. The van der Waals surface area contributed by atoms with E-state index in [0.29, 0.717) is 0 Å². The van der Waals surface area contributed by atoms with E-state index in [-0.39, 0.29) is 29.6 Å². The van der Waals surface area contributed by atoms with Gasteiger partial charge in [0.05, 0.1) is 0 Å². The Bertz CT molecular complexity index is 42.7. The molecule has 0 unspecified atom stereocenters. The van der Waals surface area contributed by atoms with Gasteiger partial charge >= 0.3 is 6.18 Å². The summed E-state index contributed by atoms with van der Waals surface area (Å²) in [5.41, 5.74) is 0. The van der Waals surface area contributed by atoms with Crippen LogP contribution >= 0.6 is 0 Å². The third kappa shape index (κ3) is 10.8. The second-order valence-corrected chi connectivity index (χ2v) is 0.773. The smallest absolute Gasteiger partial charge is 0.387 e. The van der Waals surface area contributed by atoms with Crippen LogP contribution in [0.15, 0.2) is 0 Å². The van der Waals surface area contributed by atoms with Gasteiger partial charge < -0.3 is 5.11 Å². The first-order chi connectivity index (χ1) is 2.56. The van der Waals surface area contributed by atoms with Gasteiger partial charge in [-0.15, -0.1) is 0 Å². The zero-order valence-electron chi connectivity index (χ0n) is 3.79. The van der Waals surface area contributed by atoms with Crippen LogP contribution in [0.25, 0.3) is 0 Å². The molecule has 39 valence electrons. The molecule has 0 aromatic heterocycles. The number of hydrogen-bond acceptors (Lipinski definition) is 1. The van der Waals surface area contributed by atoms with Gasteiger partial charge in [-0.3, -0.25) is 0 Å². The van der Waals surface area contributed by atoms with Crippen LogP contribution in [-0.4, -0.2) is 47.4 Å². The van der Waals surface area contributed by atoms with Gasteiger partial charge in [-0.05, 0) is 0 Å². The molecule has 0 amide bonds. The van der Waals surface area contributed by atoms with E-state index in [1.54, 1.807) is 0 Å². The van der Waals surface area contributed by atoms with Crippen molar-refractivity contribution in [2.24, 2.45) is 0 Å². The molecule has 0 aliphatic heterocycles. The Morgan fingerprint density at radius 2 is 1.43 bits per heavy atom. The first-order valence-corrected chi connectivity index (χ1v) is 1.24. The van der Waals surface area contributed by atoms with Crippen LogP contribution in [0.4, 0.5) is 13.2 Å². The van der Waals surface area contributed by atoms with Gasteiger partial charge in [0.1, 0.15) is 6.61 Å². The largest absolute Gasteiger partial charge is 0.411 e. The maximum absolute atomic E-state index is 10.5. The first-order valence-electron chi connectivity index (χ1n) is 1.24. The second kappa shape index (κ2) is 3.72. The van der Waals surface area contributed by atoms with Crippen LogP contribution in [-0.2, 0) is 0 Å². The molecule has 0 bridgehead atoms. The average molecular weight is 123 g/mol. The molecule has 0 heterocycles. The molecular formula is C2H3F3NaO. The van der Waals surface area contributed by atoms with Crippen LogP contribution in [0, 0.1) is 0 Å². The topological polar surface area (TPSA) is 20.2 Å². The van der Waals surface area contributed by atoms with Gasteiger partial charge in [0.15, 0.2) is 0 Å². The van der Waals surface area contributed by atoms with Crippen molar-refractivity contribution in [2.45, 2.75) is 6.18 Å². The number of alkyl halides is 3. The molecule has 0 atom stereocenters. The summed E-state index contributed by atoms with van der Waals surface area (Å²) in [6.07, 6.45) is -4.40. The van der Waals surface area contributed by atoms with E-state index < -0.39 is 12.8 Å². The summed E-state index contributed by atoms with van der Waals surface area (Å²) < 4.78 is 31.6. The number of hydrogen-bond donors (Lipinski definition) is 1. The zero-order valence-corrected chi connectivity index (χ0v) is 5.79. The maximum Gasteiger partial charge on any atom is 0.411 e. The monoisotopic (exact) mass is 123 g/mol. The molecule has 0 aliphatic rings. The number of aliphatic hydroxyl groups excluding tert-OH is 1. The van der Waals surface area contributed by atoms with Crippen molar-refractivity contribution in [3.05, 3.63) is 0 Å². The fourth-order valence-electron chi connectivity index (χ4n) is 0. The van der Waals surface area contributed by atoms with Crippen molar-refractivity contribution < 1.29 is 18.3 Å². The van der Waals surface area contributed by atoms with Crippen LogP contribution in [0.2, 0.25) is 0 Å². The van der Waals surface area contributed by atoms with Gasteiger partial charge in [0.25, 0.3) is 0 Å². The van der Waals surface area contributed by atoms with Gasteiger partial charge in [-0.1, -0.05) is 0 Å². The van der Waals surface area contributed by atoms with E-state index >= 15 is 0 Å². The third-order valence-corrected chi connectivity index (χ3v) is 0.179. The van der Waals surface area contributed by atoms with E-state index in [2.05, 4.69) is 0 Å². The van der Waals surface area contributed by atoms with Gasteiger partial charge in [-0.25, -0.2) is 0 Å². The third-order valence-electron chi connectivity index (χ3n) is 0.179. The fraction of sp³-hybridized carbons (Fsp3) is 1.00. The van der Waals surface area contributed by atoms with Gasteiger partial charge in [0.2, 0.25) is 0 Å². The van der Waals surface area contributed by atoms with Crippen LogP contribution in [0.1, 0.15) is 0 Å². The molecule has 0 aromatic carbocycles. The standard InChI is InChI=1S/C2H3F3O.Na/c3-2(4,5)1-6;/h6H,1H2;. The number of halogens is 3. The Morgan fingerprint density at radius 3 is 1.43 bits per heavy atom. The minimum Gasteiger partial charge on any atom is -0.387 e. The molecule has 0 saturated heterocycles. The molecule has 0 aromatic rings. The number of aliphatic hydroxyl groups is 1. The fourth-order valence-corrected chi connectivity index (χ4v) is 0. The van der Waals surface area contributed by atoms with Crippen LogP contribution in [0.3, 0.4) is 0 Å². The molecule has 0 rings (SSSR count). The Hall–Kier alpha value is 0.750. The summed E-state index contributed by atoms with van der Waals surface area (Å²) in [6, 6.07) is 0. The van der Waals surface area contributed by atoms with E-state index in [1.165, 1.54) is 0 Å². The van der Waals surface area contributed by atoms with Crippen molar-refractivity contribution in [1.82, 2.24) is 0 Å². The molecule has 1 N–H and O–H groups in total. The second-order valence-electron chi connectivity index (χ2n) is 0.773. The minimum atomic E-state index is -4.40. The van der Waals surface area contributed by atoms with Crippen LogP contribution < -0.4 is 0 Å². The van der Waals surface area contributed by atoms with Crippen molar-refractivity contribution in [2.75, 3.05) is 6.61 Å². The van der Waals surface area contributed by atoms with E-state index in [1.807, 2.05) is 0 Å². The molecule has 0 spiro atoms. The molecule has 0 aliphatic carbocycles. The summed E-state index contributed by atoms with van der Waals surface area (Å²) in [7, 11) is 0. The normalized spacial score (nSPS) is 10.3. The summed E-state index contributed by atoms with van der Waals surface area (Å²) in [5, 5.41) is 7.28.